The number of benzene rings is 1. The molecular weight excluding hydrogens is 350 g/mol. The molecule has 26 heavy (non-hydrogen) atoms. The lowest BCUT2D eigenvalue weighted by atomic mass is 10.0. The van der Waals surface area contributed by atoms with Crippen LogP contribution in [-0.4, -0.2) is 35.2 Å². The molecule has 2 aromatic rings. The lowest BCUT2D eigenvalue weighted by molar-refractivity contribution is -0.129. The molecule has 0 saturated heterocycles. The minimum absolute atomic E-state index is 0.0922. The molecule has 3 amide bonds. The number of rotatable bonds is 6. The molecule has 1 fully saturated rings. The van der Waals surface area contributed by atoms with Crippen LogP contribution in [0.4, 0.5) is 0 Å². The van der Waals surface area contributed by atoms with Crippen LogP contribution in [0.5, 0.6) is 0 Å². The van der Waals surface area contributed by atoms with Crippen LogP contribution in [0.15, 0.2) is 41.8 Å². The van der Waals surface area contributed by atoms with Crippen LogP contribution in [0, 0.1) is 0 Å². The molecule has 2 aliphatic rings. The molecule has 2 heterocycles. The standard InChI is InChI=1S/C19H19N3O3S/c23-16(20-10-13-4-3-9-26-13)11-21-18(24)17-14-5-1-2-6-15(14)19(25)22(17)12-7-8-12/h1-6,9,12,17H,7-8,10-11H2,(H,20,23)(H,21,24). The van der Waals surface area contributed by atoms with E-state index >= 15 is 0 Å². The highest BCUT2D eigenvalue weighted by Crippen LogP contribution is 2.41. The van der Waals surface area contributed by atoms with E-state index in [1.165, 1.54) is 0 Å². The van der Waals surface area contributed by atoms with E-state index in [1.807, 2.05) is 29.6 Å². The maximum Gasteiger partial charge on any atom is 0.255 e. The van der Waals surface area contributed by atoms with Crippen LogP contribution in [0.3, 0.4) is 0 Å². The lowest BCUT2D eigenvalue weighted by Gasteiger charge is -2.24. The molecule has 1 aliphatic carbocycles. The Morgan fingerprint density at radius 2 is 1.92 bits per heavy atom. The normalized spacial score (nSPS) is 18.5. The molecule has 0 bridgehead atoms. The molecule has 1 aromatic heterocycles. The number of nitrogens with zero attached hydrogens (tertiary/aromatic N) is 1. The summed E-state index contributed by atoms with van der Waals surface area (Å²) in [6, 6.07) is 10.6. The summed E-state index contributed by atoms with van der Waals surface area (Å²) in [7, 11) is 0. The zero-order chi connectivity index (χ0) is 18.1. The van der Waals surface area contributed by atoms with Crippen molar-refractivity contribution in [2.75, 3.05) is 6.54 Å². The van der Waals surface area contributed by atoms with Gasteiger partial charge in [-0.1, -0.05) is 24.3 Å². The number of nitrogens with one attached hydrogen (secondary N) is 2. The summed E-state index contributed by atoms with van der Waals surface area (Å²) in [6.45, 7) is 0.348. The quantitative estimate of drug-likeness (QED) is 0.816. The number of amides is 3. The Labute approximate surface area is 155 Å². The number of hydrogen-bond donors (Lipinski definition) is 2. The van der Waals surface area contributed by atoms with Crippen molar-refractivity contribution >= 4 is 29.1 Å². The second-order valence-electron chi connectivity index (χ2n) is 6.51. The van der Waals surface area contributed by atoms with Gasteiger partial charge in [-0.3, -0.25) is 14.4 Å². The summed E-state index contributed by atoms with van der Waals surface area (Å²) >= 11 is 1.57. The van der Waals surface area contributed by atoms with Crippen LogP contribution in [0.1, 0.15) is 39.7 Å². The van der Waals surface area contributed by atoms with E-state index in [9.17, 15) is 14.4 Å². The van der Waals surface area contributed by atoms with Gasteiger partial charge in [0.15, 0.2) is 0 Å². The predicted molar refractivity (Wildman–Crippen MR) is 97.5 cm³/mol. The van der Waals surface area contributed by atoms with Crippen molar-refractivity contribution in [1.29, 1.82) is 0 Å². The summed E-state index contributed by atoms with van der Waals surface area (Å²) in [6.07, 6.45) is 1.84. The van der Waals surface area contributed by atoms with Crippen molar-refractivity contribution in [1.82, 2.24) is 15.5 Å². The van der Waals surface area contributed by atoms with Gasteiger partial charge in [-0.05, 0) is 35.9 Å². The minimum Gasteiger partial charge on any atom is -0.350 e. The Balaban J connectivity index is 1.40. The Bertz CT molecular complexity index is 845. The van der Waals surface area contributed by atoms with Crippen molar-refractivity contribution < 1.29 is 14.4 Å². The van der Waals surface area contributed by atoms with Crippen LogP contribution >= 0.6 is 11.3 Å². The molecule has 1 aliphatic heterocycles. The molecular formula is C19H19N3O3S. The van der Waals surface area contributed by atoms with Crippen molar-refractivity contribution in [2.45, 2.75) is 31.5 Å². The van der Waals surface area contributed by atoms with Gasteiger partial charge in [0.05, 0.1) is 13.1 Å². The van der Waals surface area contributed by atoms with Gasteiger partial charge >= 0.3 is 0 Å². The van der Waals surface area contributed by atoms with Crippen LogP contribution in [0.2, 0.25) is 0 Å². The van der Waals surface area contributed by atoms with E-state index in [4.69, 9.17) is 0 Å². The first-order valence-electron chi connectivity index (χ1n) is 8.63. The predicted octanol–water partition coefficient (Wildman–Crippen LogP) is 1.84. The van der Waals surface area contributed by atoms with Gasteiger partial charge in [-0.25, -0.2) is 0 Å². The van der Waals surface area contributed by atoms with Crippen LogP contribution in [0.25, 0.3) is 0 Å². The monoisotopic (exact) mass is 369 g/mol. The van der Waals surface area contributed by atoms with E-state index in [0.717, 1.165) is 23.3 Å². The maximum atomic E-state index is 12.8. The van der Waals surface area contributed by atoms with Crippen molar-refractivity contribution in [2.24, 2.45) is 0 Å². The van der Waals surface area contributed by atoms with E-state index in [-0.39, 0.29) is 30.3 Å². The van der Waals surface area contributed by atoms with E-state index in [2.05, 4.69) is 10.6 Å². The Morgan fingerprint density at radius 3 is 2.65 bits per heavy atom. The van der Waals surface area contributed by atoms with E-state index in [1.54, 1.807) is 28.4 Å². The molecule has 2 N–H and O–H groups in total. The van der Waals surface area contributed by atoms with Crippen LogP contribution in [-0.2, 0) is 16.1 Å². The molecule has 0 radical (unpaired) electrons. The first-order valence-corrected chi connectivity index (χ1v) is 9.51. The third-order valence-electron chi connectivity index (χ3n) is 4.65. The number of fused-ring (bicyclic) bond motifs is 1. The lowest BCUT2D eigenvalue weighted by Crippen LogP contribution is -2.43. The first kappa shape index (κ1) is 16.8. The van der Waals surface area contributed by atoms with Gasteiger partial charge in [0.25, 0.3) is 5.91 Å². The molecule has 134 valence electrons. The van der Waals surface area contributed by atoms with Crippen LogP contribution < -0.4 is 10.6 Å². The largest absolute Gasteiger partial charge is 0.350 e. The molecule has 1 saturated carbocycles. The number of carbonyl (C=O) groups is 3. The number of carbonyl (C=O) groups excluding carboxylic acids is 3. The Kier molecular flexibility index (Phi) is 4.46. The molecule has 7 heteroatoms. The summed E-state index contributed by atoms with van der Waals surface area (Å²) in [4.78, 5) is 40.1. The molecule has 1 atom stereocenters. The van der Waals surface area contributed by atoms with Gasteiger partial charge in [0, 0.05) is 16.5 Å². The molecule has 1 aromatic carbocycles. The molecule has 6 nitrogen and oxygen atoms in total. The maximum absolute atomic E-state index is 12.8. The molecule has 4 rings (SSSR count). The van der Waals surface area contributed by atoms with Gasteiger partial charge in [0.1, 0.15) is 6.04 Å². The second-order valence-corrected chi connectivity index (χ2v) is 7.54. The highest BCUT2D eigenvalue weighted by Gasteiger charge is 2.47. The average Bonchev–Trinajstić information content (AvgIpc) is 3.26. The zero-order valence-electron chi connectivity index (χ0n) is 14.1. The molecule has 0 spiro atoms. The van der Waals surface area contributed by atoms with E-state index < -0.39 is 6.04 Å². The summed E-state index contributed by atoms with van der Waals surface area (Å²) in [5, 5.41) is 7.42. The fraction of sp³-hybridized carbons (Fsp3) is 0.316. The number of hydrogen-bond acceptors (Lipinski definition) is 4. The summed E-state index contributed by atoms with van der Waals surface area (Å²) in [5.74, 6) is -0.644. The molecule has 1 unspecified atom stereocenters. The smallest absolute Gasteiger partial charge is 0.255 e. The van der Waals surface area contributed by atoms with Gasteiger partial charge in [-0.15, -0.1) is 11.3 Å². The van der Waals surface area contributed by atoms with Crippen molar-refractivity contribution in [3.8, 4) is 0 Å². The highest BCUT2D eigenvalue weighted by atomic mass is 32.1. The fourth-order valence-corrected chi connectivity index (χ4v) is 3.90. The minimum atomic E-state index is -0.642. The topological polar surface area (TPSA) is 78.5 Å². The average molecular weight is 369 g/mol. The second kappa shape index (κ2) is 6.92. The highest BCUT2D eigenvalue weighted by molar-refractivity contribution is 7.09. The fourth-order valence-electron chi connectivity index (χ4n) is 3.26. The Hall–Kier alpha value is -2.67. The van der Waals surface area contributed by atoms with Gasteiger partial charge < -0.3 is 15.5 Å². The SMILES string of the molecule is O=C(CNC(=O)C1c2ccccc2C(=O)N1C1CC1)NCc1cccs1. The van der Waals surface area contributed by atoms with Crippen molar-refractivity contribution in [3.05, 3.63) is 57.8 Å². The zero-order valence-corrected chi connectivity index (χ0v) is 14.9. The first-order chi connectivity index (χ1) is 12.6. The number of thiophene rings is 1. The van der Waals surface area contributed by atoms with Gasteiger partial charge in [-0.2, -0.15) is 0 Å². The third-order valence-corrected chi connectivity index (χ3v) is 5.53. The van der Waals surface area contributed by atoms with Crippen molar-refractivity contribution in [3.63, 3.8) is 0 Å². The van der Waals surface area contributed by atoms with Gasteiger partial charge in [0.2, 0.25) is 11.8 Å². The summed E-state index contributed by atoms with van der Waals surface area (Å²) in [5.41, 5.74) is 1.31. The third kappa shape index (κ3) is 3.22. The Morgan fingerprint density at radius 1 is 1.12 bits per heavy atom. The van der Waals surface area contributed by atoms with E-state index in [0.29, 0.717) is 12.1 Å². The summed E-state index contributed by atoms with van der Waals surface area (Å²) < 4.78 is 0.